The minimum Gasteiger partial charge on any atom is -0.465 e. The van der Waals surface area contributed by atoms with Gasteiger partial charge in [0.2, 0.25) is 0 Å². The Kier molecular flexibility index (Phi) is 7.90. The van der Waals surface area contributed by atoms with Crippen molar-refractivity contribution in [1.29, 1.82) is 0 Å². The van der Waals surface area contributed by atoms with E-state index in [9.17, 15) is 4.79 Å². The molecule has 1 aliphatic rings. The quantitative estimate of drug-likeness (QED) is 0.300. The molecule has 28 heavy (non-hydrogen) atoms. The maximum Gasteiger partial charge on any atom is 0.341 e. The minimum atomic E-state index is -0.389. The maximum absolute atomic E-state index is 11.7. The van der Waals surface area contributed by atoms with Gasteiger partial charge in [-0.1, -0.05) is 6.92 Å². The lowest BCUT2D eigenvalue weighted by Crippen LogP contribution is -2.48. The van der Waals surface area contributed by atoms with Crippen molar-refractivity contribution in [2.45, 2.75) is 32.9 Å². The van der Waals surface area contributed by atoms with E-state index in [0.717, 1.165) is 25.5 Å². The average Bonchev–Trinajstić information content (AvgIpc) is 3.32. The number of halogens is 1. The number of carbonyl (C=O) groups is 1. The molecule has 8 nitrogen and oxygen atoms in total. The number of ether oxygens (including phenoxy) is 1. The van der Waals surface area contributed by atoms with Crippen molar-refractivity contribution in [1.82, 2.24) is 19.8 Å². The van der Waals surface area contributed by atoms with Crippen molar-refractivity contribution in [3.05, 3.63) is 41.9 Å². The van der Waals surface area contributed by atoms with Crippen molar-refractivity contribution in [2.24, 2.45) is 10.9 Å². The summed E-state index contributed by atoms with van der Waals surface area (Å²) >= 11 is 0. The summed E-state index contributed by atoms with van der Waals surface area (Å²) in [5.74, 6) is 2.23. The predicted octanol–water partition coefficient (Wildman–Crippen LogP) is 2.85. The van der Waals surface area contributed by atoms with Crippen molar-refractivity contribution in [3.63, 3.8) is 0 Å². The fourth-order valence-electron chi connectivity index (χ4n) is 3.54. The lowest BCUT2D eigenvalue weighted by molar-refractivity contribution is 0.0599. The molecule has 2 atom stereocenters. The number of methoxy groups -OCH3 is 1. The molecule has 0 spiro atoms. The van der Waals surface area contributed by atoms with E-state index in [0.29, 0.717) is 35.6 Å². The van der Waals surface area contributed by atoms with Crippen LogP contribution in [0.3, 0.4) is 0 Å². The monoisotopic (exact) mass is 501 g/mol. The molecule has 1 saturated heterocycles. The van der Waals surface area contributed by atoms with Gasteiger partial charge in [-0.15, -0.1) is 24.0 Å². The molecule has 1 aliphatic heterocycles. The van der Waals surface area contributed by atoms with Crippen molar-refractivity contribution in [2.75, 3.05) is 27.2 Å². The zero-order chi connectivity index (χ0) is 19.4. The van der Waals surface area contributed by atoms with Gasteiger partial charge in [0.05, 0.1) is 26.0 Å². The smallest absolute Gasteiger partial charge is 0.341 e. The third-order valence-corrected chi connectivity index (χ3v) is 5.13. The molecule has 2 aromatic heterocycles. The number of hydrogen-bond acceptors (Lipinski definition) is 5. The number of piperidine rings is 1. The van der Waals surface area contributed by atoms with Gasteiger partial charge >= 0.3 is 5.97 Å². The number of furan rings is 1. The Labute approximate surface area is 182 Å². The largest absolute Gasteiger partial charge is 0.465 e. The number of nitrogens with one attached hydrogen (secondary N) is 1. The van der Waals surface area contributed by atoms with E-state index in [-0.39, 0.29) is 29.9 Å². The fourth-order valence-corrected chi connectivity index (χ4v) is 3.54. The summed E-state index contributed by atoms with van der Waals surface area (Å²) in [6.07, 6.45) is 6.79. The summed E-state index contributed by atoms with van der Waals surface area (Å²) in [5, 5.41) is 3.34. The van der Waals surface area contributed by atoms with Crippen molar-refractivity contribution < 1.29 is 13.9 Å². The number of carbonyl (C=O) groups excluding carboxylic acids is 1. The van der Waals surface area contributed by atoms with Gasteiger partial charge in [0.25, 0.3) is 0 Å². The van der Waals surface area contributed by atoms with E-state index in [1.807, 2.05) is 18.7 Å². The Morgan fingerprint density at radius 2 is 2.29 bits per heavy atom. The molecule has 0 aliphatic carbocycles. The highest BCUT2D eigenvalue weighted by atomic mass is 127. The van der Waals surface area contributed by atoms with Gasteiger partial charge in [-0.05, 0) is 25.3 Å². The number of likely N-dealkylation sites (tertiary alicyclic amines) is 1. The van der Waals surface area contributed by atoms with Gasteiger partial charge in [-0.2, -0.15) is 0 Å². The lowest BCUT2D eigenvalue weighted by atomic mass is 9.93. The molecule has 9 heteroatoms. The number of esters is 1. The number of rotatable bonds is 4. The van der Waals surface area contributed by atoms with Crippen LogP contribution < -0.4 is 5.32 Å². The van der Waals surface area contributed by atoms with Crippen LogP contribution in [0.1, 0.15) is 41.3 Å². The number of aryl methyl sites for hydroxylation is 1. The van der Waals surface area contributed by atoms with E-state index >= 15 is 0 Å². The Hall–Kier alpha value is -2.04. The molecule has 2 aromatic rings. The van der Waals surface area contributed by atoms with Gasteiger partial charge in [0, 0.05) is 32.5 Å². The van der Waals surface area contributed by atoms with Crippen LogP contribution >= 0.6 is 24.0 Å². The molecule has 2 unspecified atom stereocenters. The number of aliphatic imine (C=N–C) groups is 1. The van der Waals surface area contributed by atoms with Crippen LogP contribution in [0.15, 0.2) is 34.2 Å². The number of nitrogens with zero attached hydrogens (tertiary/aromatic N) is 4. The van der Waals surface area contributed by atoms with Gasteiger partial charge in [0.15, 0.2) is 5.96 Å². The van der Waals surface area contributed by atoms with E-state index in [1.54, 1.807) is 20.0 Å². The van der Waals surface area contributed by atoms with Crippen LogP contribution in [0.25, 0.3) is 0 Å². The summed E-state index contributed by atoms with van der Waals surface area (Å²) in [4.78, 5) is 22.6. The fraction of sp³-hybridized carbons (Fsp3) is 0.526. The normalized spacial score (nSPS) is 19.9. The maximum atomic E-state index is 11.7. The standard InChI is InChI=1S/C19H27N5O3.HI/c1-13-5-7-23(11-17(13)24-8-6-21-12-24)19(20-3)22-10-15-9-16(14(2)27-15)18(25)26-4;/h6,8-9,12-13,17H,5,7,10-11H2,1-4H3,(H,20,22);1H. The molecule has 0 amide bonds. The summed E-state index contributed by atoms with van der Waals surface area (Å²) in [5.41, 5.74) is 0.455. The van der Waals surface area contributed by atoms with Gasteiger partial charge in [0.1, 0.15) is 17.1 Å². The van der Waals surface area contributed by atoms with E-state index < -0.39 is 0 Å². The Morgan fingerprint density at radius 1 is 1.50 bits per heavy atom. The van der Waals surface area contributed by atoms with Gasteiger partial charge in [-0.25, -0.2) is 9.78 Å². The topological polar surface area (TPSA) is 84.9 Å². The molecule has 1 fully saturated rings. The first-order chi connectivity index (χ1) is 13.0. The average molecular weight is 501 g/mol. The Morgan fingerprint density at radius 3 is 2.93 bits per heavy atom. The number of aromatic nitrogens is 2. The molecule has 0 saturated carbocycles. The molecule has 1 N–H and O–H groups in total. The van der Waals surface area contributed by atoms with E-state index in [1.165, 1.54) is 7.11 Å². The van der Waals surface area contributed by atoms with Gasteiger partial charge < -0.3 is 23.9 Å². The summed E-state index contributed by atoms with van der Waals surface area (Å²) in [7, 11) is 3.14. The third kappa shape index (κ3) is 4.86. The van der Waals surface area contributed by atoms with Crippen molar-refractivity contribution in [3.8, 4) is 0 Å². The third-order valence-electron chi connectivity index (χ3n) is 5.13. The van der Waals surface area contributed by atoms with Crippen LogP contribution in [0.5, 0.6) is 0 Å². The van der Waals surface area contributed by atoms with E-state index in [4.69, 9.17) is 9.15 Å². The van der Waals surface area contributed by atoms with Crippen LogP contribution in [-0.4, -0.2) is 53.6 Å². The van der Waals surface area contributed by atoms with Crippen LogP contribution in [-0.2, 0) is 11.3 Å². The molecule has 0 bridgehead atoms. The molecule has 3 heterocycles. The molecule has 3 rings (SSSR count). The second-order valence-corrected chi connectivity index (χ2v) is 6.86. The highest BCUT2D eigenvalue weighted by Crippen LogP contribution is 2.27. The van der Waals surface area contributed by atoms with E-state index in [2.05, 4.69) is 31.7 Å². The second kappa shape index (κ2) is 9.94. The molecular formula is C19H28IN5O3. The summed E-state index contributed by atoms with van der Waals surface area (Å²) in [6, 6.07) is 2.07. The second-order valence-electron chi connectivity index (χ2n) is 6.86. The number of imidazole rings is 1. The highest BCUT2D eigenvalue weighted by Gasteiger charge is 2.29. The first kappa shape index (κ1) is 22.3. The Bertz CT molecular complexity index is 803. The summed E-state index contributed by atoms with van der Waals surface area (Å²) in [6.45, 7) is 6.29. The minimum absolute atomic E-state index is 0. The molecule has 0 radical (unpaired) electrons. The number of guanidine groups is 1. The van der Waals surface area contributed by atoms with Gasteiger partial charge in [-0.3, -0.25) is 4.99 Å². The Balaban J connectivity index is 0.00000280. The van der Waals surface area contributed by atoms with Crippen LogP contribution in [0.2, 0.25) is 0 Å². The SMILES string of the molecule is CN=C(NCc1cc(C(=O)OC)c(C)o1)N1CCC(C)C(n2ccnc2)C1.I. The lowest BCUT2D eigenvalue weighted by Gasteiger charge is -2.39. The van der Waals surface area contributed by atoms with Crippen molar-refractivity contribution >= 4 is 35.9 Å². The zero-order valence-electron chi connectivity index (χ0n) is 16.7. The highest BCUT2D eigenvalue weighted by molar-refractivity contribution is 14.0. The predicted molar refractivity (Wildman–Crippen MR) is 117 cm³/mol. The number of hydrogen-bond donors (Lipinski definition) is 1. The molecular weight excluding hydrogens is 473 g/mol. The van der Waals surface area contributed by atoms with Crippen LogP contribution in [0, 0.1) is 12.8 Å². The van der Waals surface area contributed by atoms with Crippen LogP contribution in [0.4, 0.5) is 0 Å². The first-order valence-electron chi connectivity index (χ1n) is 9.14. The molecule has 0 aromatic carbocycles. The molecule has 154 valence electrons. The first-order valence-corrected chi connectivity index (χ1v) is 9.14. The summed E-state index contributed by atoms with van der Waals surface area (Å²) < 4.78 is 12.6. The zero-order valence-corrected chi connectivity index (χ0v) is 19.0.